The summed E-state index contributed by atoms with van der Waals surface area (Å²) in [7, 11) is 0. The highest BCUT2D eigenvalue weighted by molar-refractivity contribution is 6.21. The van der Waals surface area contributed by atoms with Crippen LogP contribution in [0.25, 0.3) is 82.9 Å². The lowest BCUT2D eigenvalue weighted by Crippen LogP contribution is -2.17. The average Bonchev–Trinajstić information content (AvgIpc) is 3.78. The van der Waals surface area contributed by atoms with Gasteiger partial charge in [0.2, 0.25) is 0 Å². The van der Waals surface area contributed by atoms with Gasteiger partial charge in [0.1, 0.15) is 5.69 Å². The first kappa shape index (κ1) is 29.6. The van der Waals surface area contributed by atoms with Crippen LogP contribution in [-0.4, -0.2) is 14.5 Å². The Labute approximate surface area is 318 Å². The molecule has 8 aromatic carbocycles. The number of nitrogens with zero attached hydrogens (tertiary/aromatic N) is 3. The van der Waals surface area contributed by atoms with E-state index in [1.807, 2.05) is 0 Å². The highest BCUT2D eigenvalue weighted by Gasteiger charge is 2.60. The summed E-state index contributed by atoms with van der Waals surface area (Å²) in [5.41, 5.74) is 18.4. The third-order valence-electron chi connectivity index (χ3n) is 13.0. The fraction of sp³-hybridized carbons (Fsp3) is 0.0769. The number of rotatable bonds is 3. The molecule has 3 aliphatic rings. The predicted octanol–water partition coefficient (Wildman–Crippen LogP) is 12.6. The largest absolute Gasteiger partial charge is 0.292 e. The molecule has 10 aromatic rings. The number of fused-ring (bicyclic) bond motifs is 15. The molecule has 0 radical (unpaired) electrons. The molecule has 55 heavy (non-hydrogen) atoms. The summed E-state index contributed by atoms with van der Waals surface area (Å²) in [5.74, 6) is 1.32. The van der Waals surface area contributed by atoms with Crippen LogP contribution in [0.1, 0.15) is 40.2 Å². The van der Waals surface area contributed by atoms with Gasteiger partial charge < -0.3 is 0 Å². The summed E-state index contributed by atoms with van der Waals surface area (Å²) in [5, 5.41) is 5.01. The Hall–Kier alpha value is -6.84. The zero-order valence-corrected chi connectivity index (χ0v) is 30.0. The van der Waals surface area contributed by atoms with E-state index in [-0.39, 0.29) is 5.41 Å². The monoisotopic (exact) mass is 699 g/mol. The van der Waals surface area contributed by atoms with Crippen molar-refractivity contribution in [1.82, 2.24) is 14.5 Å². The number of hydrogen-bond donors (Lipinski definition) is 0. The zero-order chi connectivity index (χ0) is 35.8. The molecule has 0 N–H and O–H groups in total. The van der Waals surface area contributed by atoms with Crippen LogP contribution < -0.4 is 0 Å². The molecule has 0 amide bonds. The first-order valence-electron chi connectivity index (χ1n) is 19.4. The molecular formula is C52H33N3. The summed E-state index contributed by atoms with van der Waals surface area (Å²) >= 11 is 0. The van der Waals surface area contributed by atoms with Crippen LogP contribution in [0.2, 0.25) is 0 Å². The van der Waals surface area contributed by atoms with E-state index in [0.717, 1.165) is 52.0 Å². The minimum absolute atomic E-state index is 0.0515. The van der Waals surface area contributed by atoms with Crippen LogP contribution in [0.15, 0.2) is 170 Å². The number of para-hydroxylation sites is 2. The van der Waals surface area contributed by atoms with E-state index in [0.29, 0.717) is 5.92 Å². The Morgan fingerprint density at radius 2 is 1.24 bits per heavy atom. The molecule has 2 aromatic heterocycles. The van der Waals surface area contributed by atoms with Crippen LogP contribution in [0.3, 0.4) is 0 Å². The fourth-order valence-electron chi connectivity index (χ4n) is 10.6. The summed E-state index contributed by atoms with van der Waals surface area (Å²) in [4.78, 5) is 11.0. The molecule has 256 valence electrons. The molecule has 3 nitrogen and oxygen atoms in total. The van der Waals surface area contributed by atoms with Crippen molar-refractivity contribution in [2.24, 2.45) is 0 Å². The second kappa shape index (κ2) is 10.6. The van der Waals surface area contributed by atoms with Gasteiger partial charge in [-0.3, -0.25) is 4.57 Å². The lowest BCUT2D eigenvalue weighted by atomic mass is 9.75. The van der Waals surface area contributed by atoms with E-state index in [2.05, 4.69) is 174 Å². The van der Waals surface area contributed by atoms with Crippen LogP contribution in [0.5, 0.6) is 0 Å². The molecule has 13 rings (SSSR count). The average molecular weight is 700 g/mol. The summed E-state index contributed by atoms with van der Waals surface area (Å²) in [6.07, 6.45) is 2.04. The van der Waals surface area contributed by atoms with Crippen molar-refractivity contribution in [1.29, 1.82) is 0 Å². The maximum atomic E-state index is 5.55. The predicted molar refractivity (Wildman–Crippen MR) is 225 cm³/mol. The van der Waals surface area contributed by atoms with Gasteiger partial charge in [0.25, 0.3) is 0 Å². The fourth-order valence-corrected chi connectivity index (χ4v) is 10.6. The van der Waals surface area contributed by atoms with E-state index >= 15 is 0 Å². The Morgan fingerprint density at radius 3 is 2.16 bits per heavy atom. The van der Waals surface area contributed by atoms with Crippen molar-refractivity contribution in [3.05, 3.63) is 198 Å². The van der Waals surface area contributed by atoms with E-state index in [4.69, 9.17) is 9.97 Å². The topological polar surface area (TPSA) is 30.7 Å². The molecule has 3 heteroatoms. The molecule has 1 saturated carbocycles. The maximum absolute atomic E-state index is 5.55. The van der Waals surface area contributed by atoms with Gasteiger partial charge >= 0.3 is 0 Å². The Bertz CT molecular complexity index is 3300. The molecular weight excluding hydrogens is 667 g/mol. The minimum atomic E-state index is -0.0515. The quantitative estimate of drug-likeness (QED) is 0.184. The van der Waals surface area contributed by atoms with Gasteiger partial charge in [-0.2, -0.15) is 0 Å². The third-order valence-corrected chi connectivity index (χ3v) is 13.0. The molecule has 1 fully saturated rings. The maximum Gasteiger partial charge on any atom is 0.165 e. The second-order valence-electron chi connectivity index (χ2n) is 15.7. The van der Waals surface area contributed by atoms with Gasteiger partial charge in [0.05, 0.1) is 22.1 Å². The van der Waals surface area contributed by atoms with E-state index in [1.54, 1.807) is 0 Å². The van der Waals surface area contributed by atoms with Crippen molar-refractivity contribution in [2.45, 2.75) is 24.2 Å². The third kappa shape index (κ3) is 3.89. The first-order chi connectivity index (χ1) is 27.3. The van der Waals surface area contributed by atoms with E-state index in [9.17, 15) is 0 Å². The van der Waals surface area contributed by atoms with Crippen molar-refractivity contribution in [3.63, 3.8) is 0 Å². The van der Waals surface area contributed by atoms with Crippen molar-refractivity contribution < 1.29 is 0 Å². The molecule has 2 unspecified atom stereocenters. The SMILES string of the molecule is c1ccc2c(c1)Cc1cccc(-c3nc4ccccc4nc3-n3c4ccc(C56CC5c5ccccc5-c5ccccc56)cc4c4c5ccccc5ccc43)c1-2. The Balaban J connectivity index is 1.12. The standard InChI is InChI=1S/C52H33N3/c1-3-15-35-31(12-1)24-26-47-49(35)41-29-34(52-30-43(52)39-19-6-5-17-37(39)38-18-7-8-21-42(38)52)25-27-46(41)55(47)51-50(53-44-22-9-10-23-45(44)54-51)40-20-11-14-33-28-32-13-2-4-16-36(32)48(33)40/h1-27,29,43H,28,30H2. The summed E-state index contributed by atoms with van der Waals surface area (Å²) in [6.45, 7) is 0. The highest BCUT2D eigenvalue weighted by Crippen LogP contribution is 2.69. The van der Waals surface area contributed by atoms with Gasteiger partial charge in [-0.1, -0.05) is 140 Å². The summed E-state index contributed by atoms with van der Waals surface area (Å²) in [6, 6.07) is 62.7. The normalized spacial score (nSPS) is 17.6. The lowest BCUT2D eigenvalue weighted by molar-refractivity contribution is 0.795. The molecule has 0 saturated heterocycles. The second-order valence-corrected chi connectivity index (χ2v) is 15.7. The van der Waals surface area contributed by atoms with E-state index in [1.165, 1.54) is 71.6 Å². The van der Waals surface area contributed by atoms with Crippen LogP contribution >= 0.6 is 0 Å². The lowest BCUT2D eigenvalue weighted by Gasteiger charge is -2.28. The molecule has 3 aliphatic carbocycles. The van der Waals surface area contributed by atoms with Gasteiger partial charge in [-0.05, 0) is 110 Å². The summed E-state index contributed by atoms with van der Waals surface area (Å²) < 4.78 is 2.40. The minimum Gasteiger partial charge on any atom is -0.292 e. The van der Waals surface area contributed by atoms with Crippen LogP contribution in [0.4, 0.5) is 0 Å². The smallest absolute Gasteiger partial charge is 0.165 e. The van der Waals surface area contributed by atoms with Crippen molar-refractivity contribution in [3.8, 4) is 39.3 Å². The Kier molecular flexibility index (Phi) is 5.73. The zero-order valence-electron chi connectivity index (χ0n) is 30.0. The van der Waals surface area contributed by atoms with Crippen LogP contribution in [-0.2, 0) is 11.8 Å². The number of hydrogen-bond acceptors (Lipinski definition) is 2. The van der Waals surface area contributed by atoms with Crippen molar-refractivity contribution >= 4 is 43.6 Å². The molecule has 0 aliphatic heterocycles. The molecule has 0 spiro atoms. The highest BCUT2D eigenvalue weighted by atomic mass is 15.1. The molecule has 2 atom stereocenters. The van der Waals surface area contributed by atoms with Gasteiger partial charge in [-0.25, -0.2) is 9.97 Å². The first-order valence-corrected chi connectivity index (χ1v) is 19.4. The molecule has 0 bridgehead atoms. The number of aromatic nitrogens is 3. The number of benzene rings is 8. The van der Waals surface area contributed by atoms with Gasteiger partial charge in [0, 0.05) is 21.8 Å². The van der Waals surface area contributed by atoms with Gasteiger partial charge in [-0.15, -0.1) is 0 Å². The molecule has 2 heterocycles. The van der Waals surface area contributed by atoms with Crippen molar-refractivity contribution in [2.75, 3.05) is 0 Å². The Morgan fingerprint density at radius 1 is 0.527 bits per heavy atom. The van der Waals surface area contributed by atoms with Gasteiger partial charge in [0.15, 0.2) is 5.82 Å². The van der Waals surface area contributed by atoms with Crippen LogP contribution in [0, 0.1) is 0 Å². The van der Waals surface area contributed by atoms with E-state index < -0.39 is 0 Å².